The summed E-state index contributed by atoms with van der Waals surface area (Å²) in [7, 11) is 0. The molecule has 0 N–H and O–H groups in total. The molecule has 172 valence electrons. The van der Waals surface area contributed by atoms with E-state index < -0.39 is 5.54 Å². The van der Waals surface area contributed by atoms with Crippen LogP contribution in [0.2, 0.25) is 0 Å². The van der Waals surface area contributed by atoms with Crippen LogP contribution in [0.4, 0.5) is 20.2 Å². The molecular weight excluding hydrogens is 424 g/mol. The summed E-state index contributed by atoms with van der Waals surface area (Å²) in [6.07, 6.45) is 0. The molecule has 4 aromatic carbocycles. The maximum Gasteiger partial charge on any atom is 0.154 e. The van der Waals surface area contributed by atoms with Crippen molar-refractivity contribution in [3.63, 3.8) is 0 Å². The summed E-state index contributed by atoms with van der Waals surface area (Å²) >= 11 is 0. The predicted octanol–water partition coefficient (Wildman–Crippen LogP) is 8.87. The molecule has 0 spiro atoms. The highest BCUT2D eigenvalue weighted by Gasteiger charge is 2.38. The molecule has 0 unspecified atom stereocenters. The van der Waals surface area contributed by atoms with Crippen molar-refractivity contribution in [2.75, 3.05) is 4.90 Å². The van der Waals surface area contributed by atoms with Gasteiger partial charge < -0.3 is 4.90 Å². The van der Waals surface area contributed by atoms with Gasteiger partial charge in [-0.2, -0.15) is 0 Å². The minimum absolute atomic E-state index is 0.264. The van der Waals surface area contributed by atoms with Gasteiger partial charge in [-0.1, -0.05) is 80.6 Å². The topological polar surface area (TPSA) is 3.24 Å². The molecule has 0 atom stereocenters. The lowest BCUT2D eigenvalue weighted by Crippen LogP contribution is -2.38. The Morgan fingerprint density at radius 2 is 1.15 bits per heavy atom. The van der Waals surface area contributed by atoms with Crippen molar-refractivity contribution in [1.82, 2.24) is 0 Å². The quantitative estimate of drug-likeness (QED) is 0.299. The minimum Gasteiger partial charge on any atom is -0.331 e. The largest absolute Gasteiger partial charge is 0.331 e. The monoisotopic (exact) mass is 453 g/mol. The van der Waals surface area contributed by atoms with E-state index in [1.165, 1.54) is 17.2 Å². The second-order valence-corrected chi connectivity index (χ2v) is 10.5. The molecule has 1 nitrogen and oxygen atoms in total. The van der Waals surface area contributed by atoms with Crippen molar-refractivity contribution in [2.24, 2.45) is 0 Å². The van der Waals surface area contributed by atoms with E-state index in [1.54, 1.807) is 29.2 Å². The Morgan fingerprint density at radius 3 is 1.85 bits per heavy atom. The highest BCUT2D eigenvalue weighted by Crippen LogP contribution is 2.52. The van der Waals surface area contributed by atoms with Crippen LogP contribution in [0.15, 0.2) is 84.9 Å². The number of anilines is 2. The molecule has 0 amide bonds. The number of halogens is 2. The first-order valence-electron chi connectivity index (χ1n) is 11.7. The molecule has 4 aromatic rings. The highest BCUT2D eigenvalue weighted by atomic mass is 19.1. The fourth-order valence-corrected chi connectivity index (χ4v) is 5.46. The van der Waals surface area contributed by atoms with E-state index in [-0.39, 0.29) is 17.0 Å². The van der Waals surface area contributed by atoms with E-state index in [1.807, 2.05) is 51.1 Å². The first kappa shape index (κ1) is 22.3. The van der Waals surface area contributed by atoms with Crippen LogP contribution in [-0.4, -0.2) is 5.54 Å². The Hall–Kier alpha value is -3.46. The van der Waals surface area contributed by atoms with Gasteiger partial charge in [-0.3, -0.25) is 0 Å². The zero-order valence-electron chi connectivity index (χ0n) is 20.3. The van der Waals surface area contributed by atoms with Gasteiger partial charge in [-0.15, -0.1) is 0 Å². The number of benzene rings is 4. The van der Waals surface area contributed by atoms with Crippen LogP contribution < -0.4 is 4.90 Å². The van der Waals surface area contributed by atoms with E-state index in [2.05, 4.69) is 38.1 Å². The molecule has 0 heterocycles. The van der Waals surface area contributed by atoms with E-state index in [9.17, 15) is 4.39 Å². The Balaban J connectivity index is 1.74. The molecule has 0 bridgehead atoms. The van der Waals surface area contributed by atoms with Crippen molar-refractivity contribution in [1.29, 1.82) is 0 Å². The van der Waals surface area contributed by atoms with Gasteiger partial charge in [0.2, 0.25) is 0 Å². The fourth-order valence-electron chi connectivity index (χ4n) is 5.46. The van der Waals surface area contributed by atoms with Crippen LogP contribution in [0.5, 0.6) is 0 Å². The number of hydrogen-bond donors (Lipinski definition) is 0. The van der Waals surface area contributed by atoms with Crippen molar-refractivity contribution >= 4 is 11.4 Å². The van der Waals surface area contributed by atoms with Gasteiger partial charge in [0, 0.05) is 16.5 Å². The second-order valence-electron chi connectivity index (χ2n) is 10.5. The Labute approximate surface area is 200 Å². The van der Waals surface area contributed by atoms with Crippen LogP contribution >= 0.6 is 0 Å². The third kappa shape index (κ3) is 3.34. The summed E-state index contributed by atoms with van der Waals surface area (Å²) in [4.78, 5) is 1.75. The predicted molar refractivity (Wildman–Crippen MR) is 138 cm³/mol. The summed E-state index contributed by atoms with van der Waals surface area (Å²) < 4.78 is 31.3. The first-order chi connectivity index (χ1) is 16.1. The third-order valence-corrected chi connectivity index (χ3v) is 6.85. The van der Waals surface area contributed by atoms with Gasteiger partial charge >= 0.3 is 0 Å². The highest BCUT2D eigenvalue weighted by molar-refractivity contribution is 5.89. The molecule has 1 aliphatic carbocycles. The zero-order chi connectivity index (χ0) is 24.3. The van der Waals surface area contributed by atoms with E-state index in [0.29, 0.717) is 16.9 Å². The van der Waals surface area contributed by atoms with Crippen LogP contribution in [0.25, 0.3) is 22.3 Å². The van der Waals surface area contributed by atoms with Crippen LogP contribution in [0.1, 0.15) is 45.7 Å². The Bertz CT molecular complexity index is 1390. The molecule has 0 saturated carbocycles. The normalized spacial score (nSPS) is 14.0. The molecule has 0 saturated heterocycles. The van der Waals surface area contributed by atoms with Gasteiger partial charge in [0.1, 0.15) is 5.82 Å². The number of rotatable bonds is 3. The van der Waals surface area contributed by atoms with E-state index in [0.717, 1.165) is 16.7 Å². The molecule has 3 heteroatoms. The van der Waals surface area contributed by atoms with Gasteiger partial charge in [0.15, 0.2) is 5.82 Å². The first-order valence-corrected chi connectivity index (χ1v) is 11.7. The maximum atomic E-state index is 16.4. The average Bonchev–Trinajstić information content (AvgIpc) is 3.03. The SMILES string of the molecule is CC1(C)c2ccccc2-c2cccc(-c3cccc(N(c4ccccc4F)C(C)(C)C)c3F)c21. The number of nitrogens with zero attached hydrogens (tertiary/aromatic N) is 1. The molecule has 34 heavy (non-hydrogen) atoms. The smallest absolute Gasteiger partial charge is 0.154 e. The molecule has 0 radical (unpaired) electrons. The van der Waals surface area contributed by atoms with Gasteiger partial charge in [0.05, 0.1) is 11.4 Å². The summed E-state index contributed by atoms with van der Waals surface area (Å²) in [5.74, 6) is -0.722. The molecule has 5 rings (SSSR count). The van der Waals surface area contributed by atoms with Crippen LogP contribution in [0.3, 0.4) is 0 Å². The van der Waals surface area contributed by atoms with Crippen molar-refractivity contribution in [3.05, 3.63) is 108 Å². The molecule has 0 aromatic heterocycles. The van der Waals surface area contributed by atoms with Crippen LogP contribution in [-0.2, 0) is 5.41 Å². The Morgan fingerprint density at radius 1 is 0.618 bits per heavy atom. The van der Waals surface area contributed by atoms with E-state index in [4.69, 9.17) is 0 Å². The second kappa shape index (κ2) is 7.80. The van der Waals surface area contributed by atoms with Crippen molar-refractivity contribution < 1.29 is 8.78 Å². The molecule has 0 aliphatic heterocycles. The molecular formula is C31H29F2N. The summed E-state index contributed by atoms with van der Waals surface area (Å²) in [6.45, 7) is 10.3. The zero-order valence-corrected chi connectivity index (χ0v) is 20.3. The molecule has 0 fully saturated rings. The van der Waals surface area contributed by atoms with Gasteiger partial charge in [0.25, 0.3) is 0 Å². The van der Waals surface area contributed by atoms with Crippen molar-refractivity contribution in [2.45, 2.75) is 45.6 Å². The standard InChI is InChI=1S/C31H29F2N/c1-30(2,3)34(26-18-9-8-17-25(26)32)27-19-11-15-23(29(27)33)22-14-10-13-21-20-12-6-7-16-24(20)31(4,5)28(21)22/h6-19H,1-5H3. The lowest BCUT2D eigenvalue weighted by molar-refractivity contribution is 0.527. The summed E-state index contributed by atoms with van der Waals surface area (Å²) in [5.41, 5.74) is 6.03. The minimum atomic E-state index is -0.546. The fraction of sp³-hybridized carbons (Fsp3) is 0.226. The number of para-hydroxylation sites is 1. The maximum absolute atomic E-state index is 16.4. The van der Waals surface area contributed by atoms with Crippen molar-refractivity contribution in [3.8, 4) is 22.3 Å². The van der Waals surface area contributed by atoms with Gasteiger partial charge in [-0.05, 0) is 66.8 Å². The molecule has 1 aliphatic rings. The van der Waals surface area contributed by atoms with Crippen LogP contribution in [0, 0.1) is 11.6 Å². The summed E-state index contributed by atoms with van der Waals surface area (Å²) in [6, 6.07) is 26.5. The lowest BCUT2D eigenvalue weighted by Gasteiger charge is -2.38. The van der Waals surface area contributed by atoms with E-state index >= 15 is 4.39 Å². The lowest BCUT2D eigenvalue weighted by atomic mass is 9.78. The Kier molecular flexibility index (Phi) is 5.12. The average molecular weight is 454 g/mol. The third-order valence-electron chi connectivity index (χ3n) is 6.85. The number of hydrogen-bond acceptors (Lipinski definition) is 1. The number of fused-ring (bicyclic) bond motifs is 3. The van der Waals surface area contributed by atoms with Gasteiger partial charge in [-0.25, -0.2) is 8.78 Å². The summed E-state index contributed by atoms with van der Waals surface area (Å²) in [5, 5.41) is 0.